The fourth-order valence-corrected chi connectivity index (χ4v) is 1.46. The number of methoxy groups -OCH3 is 1. The Kier molecular flexibility index (Phi) is 2.07. The summed E-state index contributed by atoms with van der Waals surface area (Å²) in [4.78, 5) is 11.7. The van der Waals surface area contributed by atoms with Crippen LogP contribution < -0.4 is 16.0 Å². The van der Waals surface area contributed by atoms with E-state index in [1.807, 2.05) is 0 Å². The maximum absolute atomic E-state index is 11.7. The summed E-state index contributed by atoms with van der Waals surface area (Å²) in [5.74, 6) is 0.505. The predicted molar refractivity (Wildman–Crippen MR) is 57.9 cm³/mol. The highest BCUT2D eigenvalue weighted by molar-refractivity contribution is 5.86. The van der Waals surface area contributed by atoms with E-state index in [1.165, 1.54) is 11.8 Å². The van der Waals surface area contributed by atoms with Gasteiger partial charge in [0.05, 0.1) is 24.4 Å². The van der Waals surface area contributed by atoms with Crippen LogP contribution in [0.3, 0.4) is 0 Å². The van der Waals surface area contributed by atoms with Crippen molar-refractivity contribution in [3.63, 3.8) is 0 Å². The van der Waals surface area contributed by atoms with Gasteiger partial charge in [0.2, 0.25) is 0 Å². The highest BCUT2D eigenvalue weighted by Crippen LogP contribution is 2.25. The van der Waals surface area contributed by atoms with Crippen LogP contribution in [0.4, 0.5) is 5.69 Å². The van der Waals surface area contributed by atoms with Crippen LogP contribution in [0.15, 0.2) is 23.1 Å². The van der Waals surface area contributed by atoms with Gasteiger partial charge in [0.25, 0.3) is 5.56 Å². The Labute approximate surface area is 86.1 Å². The van der Waals surface area contributed by atoms with Crippen molar-refractivity contribution >= 4 is 16.5 Å². The molecule has 0 amide bonds. The monoisotopic (exact) mass is 205 g/mol. The number of ether oxygens (including phenoxy) is 1. The molecule has 15 heavy (non-hydrogen) atoms. The molecule has 0 aliphatic heterocycles. The topological polar surface area (TPSA) is 70.1 Å². The molecule has 5 nitrogen and oxygen atoms in total. The number of benzene rings is 1. The summed E-state index contributed by atoms with van der Waals surface area (Å²) in [5.41, 5.74) is 6.06. The molecular weight excluding hydrogens is 194 g/mol. The number of anilines is 1. The maximum atomic E-state index is 11.7. The van der Waals surface area contributed by atoms with Crippen LogP contribution in [-0.2, 0) is 7.05 Å². The quantitative estimate of drug-likeness (QED) is 0.689. The fourth-order valence-electron chi connectivity index (χ4n) is 1.46. The lowest BCUT2D eigenvalue weighted by Gasteiger charge is -2.06. The average molecular weight is 205 g/mol. The molecule has 2 rings (SSSR count). The third-order valence-corrected chi connectivity index (χ3v) is 2.30. The highest BCUT2D eigenvalue weighted by Gasteiger charge is 2.06. The summed E-state index contributed by atoms with van der Waals surface area (Å²) in [6.07, 6.45) is 1.60. The minimum Gasteiger partial charge on any atom is -0.495 e. The zero-order valence-corrected chi connectivity index (χ0v) is 8.52. The Balaban J connectivity index is 2.89. The van der Waals surface area contributed by atoms with Gasteiger partial charge in [-0.05, 0) is 12.1 Å². The first kappa shape index (κ1) is 9.51. The van der Waals surface area contributed by atoms with Gasteiger partial charge in [-0.1, -0.05) is 0 Å². The first-order chi connectivity index (χ1) is 7.13. The van der Waals surface area contributed by atoms with E-state index in [4.69, 9.17) is 10.5 Å². The molecule has 0 radical (unpaired) electrons. The first-order valence-electron chi connectivity index (χ1n) is 4.43. The minimum absolute atomic E-state index is 0.161. The second kappa shape index (κ2) is 3.27. The number of nitrogens with zero attached hydrogens (tertiary/aromatic N) is 2. The van der Waals surface area contributed by atoms with E-state index in [0.717, 1.165) is 5.39 Å². The van der Waals surface area contributed by atoms with Gasteiger partial charge in [-0.25, -0.2) is 4.68 Å². The molecular formula is C10H11N3O2. The van der Waals surface area contributed by atoms with E-state index < -0.39 is 0 Å². The van der Waals surface area contributed by atoms with Crippen molar-refractivity contribution in [2.75, 3.05) is 12.8 Å². The molecule has 0 saturated heterocycles. The van der Waals surface area contributed by atoms with Gasteiger partial charge in [-0.3, -0.25) is 4.79 Å². The van der Waals surface area contributed by atoms with E-state index in [9.17, 15) is 4.79 Å². The Hall–Kier alpha value is -2.04. The summed E-state index contributed by atoms with van der Waals surface area (Å²) in [5, 5.41) is 5.18. The SMILES string of the molecule is COc1cc2c(=O)n(C)ncc2cc1N. The maximum Gasteiger partial charge on any atom is 0.274 e. The van der Waals surface area contributed by atoms with Crippen LogP contribution in [0.1, 0.15) is 0 Å². The van der Waals surface area contributed by atoms with E-state index in [1.54, 1.807) is 25.4 Å². The molecule has 0 spiro atoms. The van der Waals surface area contributed by atoms with E-state index in [0.29, 0.717) is 16.8 Å². The third kappa shape index (κ3) is 1.41. The predicted octanol–water partition coefficient (Wildman–Crippen LogP) is 0.524. The van der Waals surface area contributed by atoms with Crippen molar-refractivity contribution in [2.24, 2.45) is 7.05 Å². The van der Waals surface area contributed by atoms with Gasteiger partial charge < -0.3 is 10.5 Å². The summed E-state index contributed by atoms with van der Waals surface area (Å²) >= 11 is 0. The molecule has 78 valence electrons. The average Bonchev–Trinajstić information content (AvgIpc) is 2.23. The Morgan fingerprint density at radius 2 is 2.20 bits per heavy atom. The smallest absolute Gasteiger partial charge is 0.274 e. The van der Waals surface area contributed by atoms with Gasteiger partial charge in [-0.15, -0.1) is 0 Å². The van der Waals surface area contributed by atoms with Crippen LogP contribution in [0.25, 0.3) is 10.8 Å². The van der Waals surface area contributed by atoms with Crippen molar-refractivity contribution < 1.29 is 4.74 Å². The second-order valence-corrected chi connectivity index (χ2v) is 3.25. The lowest BCUT2D eigenvalue weighted by Crippen LogP contribution is -2.19. The summed E-state index contributed by atoms with van der Waals surface area (Å²) in [6.45, 7) is 0. The molecule has 0 saturated carbocycles. The molecule has 0 atom stereocenters. The molecule has 5 heteroatoms. The van der Waals surface area contributed by atoms with Crippen LogP contribution in [0, 0.1) is 0 Å². The summed E-state index contributed by atoms with van der Waals surface area (Å²) < 4.78 is 6.33. The number of hydrogen-bond donors (Lipinski definition) is 1. The van der Waals surface area contributed by atoms with Crippen molar-refractivity contribution in [1.29, 1.82) is 0 Å². The molecule has 0 aliphatic rings. The number of aromatic nitrogens is 2. The van der Waals surface area contributed by atoms with Crippen LogP contribution >= 0.6 is 0 Å². The van der Waals surface area contributed by atoms with Crippen LogP contribution in [0.2, 0.25) is 0 Å². The van der Waals surface area contributed by atoms with Crippen LogP contribution in [-0.4, -0.2) is 16.9 Å². The number of aryl methyl sites for hydroxylation is 1. The van der Waals surface area contributed by atoms with Crippen molar-refractivity contribution in [3.8, 4) is 5.75 Å². The number of hydrogen-bond acceptors (Lipinski definition) is 4. The van der Waals surface area contributed by atoms with Gasteiger partial charge in [0, 0.05) is 12.4 Å². The number of rotatable bonds is 1. The summed E-state index contributed by atoms with van der Waals surface area (Å²) in [7, 11) is 3.12. The van der Waals surface area contributed by atoms with Crippen molar-refractivity contribution in [2.45, 2.75) is 0 Å². The third-order valence-electron chi connectivity index (χ3n) is 2.30. The standard InChI is InChI=1S/C10H11N3O2/c1-13-10(14)7-4-9(15-2)8(11)3-6(7)5-12-13/h3-5H,11H2,1-2H3. The highest BCUT2D eigenvalue weighted by atomic mass is 16.5. The molecule has 1 heterocycles. The Morgan fingerprint density at radius 1 is 1.47 bits per heavy atom. The second-order valence-electron chi connectivity index (χ2n) is 3.25. The van der Waals surface area contributed by atoms with Gasteiger partial charge in [0.15, 0.2) is 0 Å². The lowest BCUT2D eigenvalue weighted by atomic mass is 10.1. The molecule has 0 fully saturated rings. The van der Waals surface area contributed by atoms with E-state index in [2.05, 4.69) is 5.10 Å². The molecule has 2 aromatic rings. The number of nitrogens with two attached hydrogens (primary N) is 1. The zero-order chi connectivity index (χ0) is 11.0. The van der Waals surface area contributed by atoms with Crippen molar-refractivity contribution in [3.05, 3.63) is 28.7 Å². The van der Waals surface area contributed by atoms with Crippen LogP contribution in [0.5, 0.6) is 5.75 Å². The fraction of sp³-hybridized carbons (Fsp3) is 0.200. The van der Waals surface area contributed by atoms with Gasteiger partial charge >= 0.3 is 0 Å². The number of nitrogen functional groups attached to an aromatic ring is 1. The molecule has 1 aromatic carbocycles. The summed E-state index contributed by atoms with van der Waals surface area (Å²) in [6, 6.07) is 3.32. The first-order valence-corrected chi connectivity index (χ1v) is 4.43. The molecule has 0 unspecified atom stereocenters. The Bertz CT molecular complexity index is 575. The minimum atomic E-state index is -0.161. The van der Waals surface area contributed by atoms with E-state index in [-0.39, 0.29) is 5.56 Å². The molecule has 0 aliphatic carbocycles. The lowest BCUT2D eigenvalue weighted by molar-refractivity contribution is 0.417. The van der Waals surface area contributed by atoms with Gasteiger partial charge in [-0.2, -0.15) is 5.10 Å². The molecule has 2 N–H and O–H groups in total. The van der Waals surface area contributed by atoms with Crippen molar-refractivity contribution in [1.82, 2.24) is 9.78 Å². The largest absolute Gasteiger partial charge is 0.495 e. The van der Waals surface area contributed by atoms with Gasteiger partial charge in [0.1, 0.15) is 5.75 Å². The Morgan fingerprint density at radius 3 is 2.87 bits per heavy atom. The normalized spacial score (nSPS) is 10.5. The number of fused-ring (bicyclic) bond motifs is 1. The molecule has 0 bridgehead atoms. The van der Waals surface area contributed by atoms with E-state index >= 15 is 0 Å². The zero-order valence-electron chi connectivity index (χ0n) is 8.52. The molecule has 1 aromatic heterocycles.